The normalized spacial score (nSPS) is 12.7. The van der Waals surface area contributed by atoms with E-state index in [2.05, 4.69) is 36.1 Å². The molecule has 0 heterocycles. The van der Waals surface area contributed by atoms with Crippen molar-refractivity contribution in [1.29, 1.82) is 0 Å². The summed E-state index contributed by atoms with van der Waals surface area (Å²) in [5.41, 5.74) is 3.72. The van der Waals surface area contributed by atoms with Crippen LogP contribution in [0.4, 0.5) is 8.78 Å². The van der Waals surface area contributed by atoms with Crippen LogP contribution in [0.25, 0.3) is 11.1 Å². The Morgan fingerprint density at radius 2 is 1.56 bits per heavy atom. The van der Waals surface area contributed by atoms with Gasteiger partial charge in [-0.2, -0.15) is 0 Å². The number of ether oxygens (including phenoxy) is 2. The summed E-state index contributed by atoms with van der Waals surface area (Å²) in [6.45, 7) is 4.71. The Morgan fingerprint density at radius 1 is 0.872 bits per heavy atom. The second-order valence-electron chi connectivity index (χ2n) is 9.39. The summed E-state index contributed by atoms with van der Waals surface area (Å²) in [5, 5.41) is 0. The molecule has 39 heavy (non-hydrogen) atoms. The number of hydrogen-bond donors (Lipinski definition) is 0. The molecule has 0 N–H and O–H groups in total. The molecule has 2 atom stereocenters. The van der Waals surface area contributed by atoms with Crippen molar-refractivity contribution in [2.75, 3.05) is 13.7 Å². The number of carbonyl (C=O) groups is 1. The lowest BCUT2D eigenvalue weighted by Gasteiger charge is -2.37. The monoisotopic (exact) mass is 529 g/mol. The van der Waals surface area contributed by atoms with Crippen molar-refractivity contribution in [2.24, 2.45) is 0 Å². The van der Waals surface area contributed by atoms with Crippen molar-refractivity contribution >= 4 is 5.97 Å². The van der Waals surface area contributed by atoms with E-state index in [9.17, 15) is 13.6 Å². The molecule has 0 aliphatic heterocycles. The van der Waals surface area contributed by atoms with Gasteiger partial charge in [-0.1, -0.05) is 60.7 Å². The summed E-state index contributed by atoms with van der Waals surface area (Å²) in [7, 11) is 1.54. The highest BCUT2D eigenvalue weighted by molar-refractivity contribution is 5.71. The number of benzene rings is 4. The van der Waals surface area contributed by atoms with Crippen molar-refractivity contribution in [3.05, 3.63) is 125 Å². The molecule has 0 unspecified atom stereocenters. The first kappa shape index (κ1) is 28.0. The summed E-state index contributed by atoms with van der Waals surface area (Å²) in [6.07, 6.45) is 0.0797. The minimum atomic E-state index is -0.671. The topological polar surface area (TPSA) is 38.8 Å². The van der Waals surface area contributed by atoms with E-state index in [1.165, 1.54) is 12.1 Å². The standard InChI is InChI=1S/C33H33F2NO3/c1-4-39-33(37)21-32(27-17-26(18-29(19-27)38-3)30-16-15-28(34)20-31(30)35)36(22-24-11-7-5-8-12-24)23(2)25-13-9-6-10-14-25/h5-20,23,32H,4,21-22H2,1-3H3/t23-,32+/m1/s1. The highest BCUT2D eigenvalue weighted by atomic mass is 19.1. The van der Waals surface area contributed by atoms with Crippen molar-refractivity contribution in [3.63, 3.8) is 0 Å². The zero-order chi connectivity index (χ0) is 27.8. The molecule has 0 bridgehead atoms. The maximum Gasteiger partial charge on any atom is 0.307 e. The molecule has 0 amide bonds. The van der Waals surface area contributed by atoms with Gasteiger partial charge in [-0.05, 0) is 66.4 Å². The van der Waals surface area contributed by atoms with Crippen molar-refractivity contribution in [2.45, 2.75) is 38.9 Å². The molecule has 0 saturated heterocycles. The van der Waals surface area contributed by atoms with E-state index in [1.807, 2.05) is 48.5 Å². The maximum absolute atomic E-state index is 14.8. The highest BCUT2D eigenvalue weighted by Gasteiger charge is 2.30. The number of esters is 1. The van der Waals surface area contributed by atoms with Gasteiger partial charge in [0.25, 0.3) is 0 Å². The van der Waals surface area contributed by atoms with Gasteiger partial charge in [-0.25, -0.2) is 8.78 Å². The van der Waals surface area contributed by atoms with E-state index in [4.69, 9.17) is 9.47 Å². The Kier molecular flexibility index (Phi) is 9.45. The summed E-state index contributed by atoms with van der Waals surface area (Å²) in [5.74, 6) is -1.15. The quantitative estimate of drug-likeness (QED) is 0.185. The molecule has 4 nitrogen and oxygen atoms in total. The van der Waals surface area contributed by atoms with Gasteiger partial charge in [0.15, 0.2) is 0 Å². The Morgan fingerprint density at radius 3 is 2.21 bits per heavy atom. The highest BCUT2D eigenvalue weighted by Crippen LogP contribution is 2.38. The molecule has 0 radical (unpaired) electrons. The average Bonchev–Trinajstić information content (AvgIpc) is 2.95. The number of rotatable bonds is 11. The van der Waals surface area contributed by atoms with Crippen LogP contribution >= 0.6 is 0 Å². The zero-order valence-corrected chi connectivity index (χ0v) is 22.4. The molecule has 4 aromatic carbocycles. The number of halogens is 2. The lowest BCUT2D eigenvalue weighted by atomic mass is 9.93. The summed E-state index contributed by atoms with van der Waals surface area (Å²) < 4.78 is 39.5. The molecule has 4 rings (SSSR count). The number of methoxy groups -OCH3 is 1. The third-order valence-electron chi connectivity index (χ3n) is 6.84. The van der Waals surface area contributed by atoms with Crippen molar-refractivity contribution in [3.8, 4) is 16.9 Å². The van der Waals surface area contributed by atoms with Crippen molar-refractivity contribution in [1.82, 2.24) is 4.90 Å². The van der Waals surface area contributed by atoms with Crippen LogP contribution in [0.2, 0.25) is 0 Å². The van der Waals surface area contributed by atoms with Crippen LogP contribution in [-0.4, -0.2) is 24.6 Å². The minimum absolute atomic E-state index is 0.0797. The molecule has 0 aromatic heterocycles. The van der Waals surface area contributed by atoms with Gasteiger partial charge in [0.05, 0.1) is 20.1 Å². The predicted octanol–water partition coefficient (Wildman–Crippen LogP) is 7.90. The van der Waals surface area contributed by atoms with Gasteiger partial charge in [0.1, 0.15) is 17.4 Å². The van der Waals surface area contributed by atoms with Crippen LogP contribution in [0.3, 0.4) is 0 Å². The molecule has 6 heteroatoms. The fourth-order valence-electron chi connectivity index (χ4n) is 4.85. The van der Waals surface area contributed by atoms with Crippen LogP contribution in [0.1, 0.15) is 49.0 Å². The van der Waals surface area contributed by atoms with Crippen LogP contribution in [0, 0.1) is 11.6 Å². The van der Waals surface area contributed by atoms with Crippen LogP contribution < -0.4 is 4.74 Å². The lowest BCUT2D eigenvalue weighted by molar-refractivity contribution is -0.145. The predicted molar refractivity (Wildman–Crippen MR) is 149 cm³/mol. The van der Waals surface area contributed by atoms with E-state index in [1.54, 1.807) is 20.1 Å². The second kappa shape index (κ2) is 13.2. The minimum Gasteiger partial charge on any atom is -0.497 e. The smallest absolute Gasteiger partial charge is 0.307 e. The lowest BCUT2D eigenvalue weighted by Crippen LogP contribution is -2.33. The maximum atomic E-state index is 14.8. The van der Waals surface area contributed by atoms with Gasteiger partial charge in [0, 0.05) is 30.3 Å². The Balaban J connectivity index is 1.87. The first-order chi connectivity index (χ1) is 18.9. The van der Waals surface area contributed by atoms with Crippen LogP contribution in [0.15, 0.2) is 97.1 Å². The SMILES string of the molecule is CCOC(=O)C[C@@H](c1cc(OC)cc(-c2ccc(F)cc2F)c1)N(Cc1ccccc1)[C@H](C)c1ccccc1. The summed E-state index contributed by atoms with van der Waals surface area (Å²) in [6, 6.07) is 28.6. The zero-order valence-electron chi connectivity index (χ0n) is 22.4. The molecule has 4 aromatic rings. The first-order valence-corrected chi connectivity index (χ1v) is 13.0. The summed E-state index contributed by atoms with van der Waals surface area (Å²) >= 11 is 0. The van der Waals surface area contributed by atoms with Gasteiger partial charge in [-0.15, -0.1) is 0 Å². The van der Waals surface area contributed by atoms with E-state index in [-0.39, 0.29) is 30.6 Å². The van der Waals surface area contributed by atoms with Crippen LogP contribution in [-0.2, 0) is 16.1 Å². The third-order valence-corrected chi connectivity index (χ3v) is 6.84. The Labute approximate surface area is 228 Å². The first-order valence-electron chi connectivity index (χ1n) is 13.0. The molecule has 0 aliphatic carbocycles. The molecule has 0 fully saturated rings. The molecular formula is C33H33F2NO3. The Hall–Kier alpha value is -4.03. The molecule has 202 valence electrons. The fourth-order valence-corrected chi connectivity index (χ4v) is 4.85. The van der Waals surface area contributed by atoms with E-state index in [0.717, 1.165) is 22.8 Å². The van der Waals surface area contributed by atoms with E-state index >= 15 is 0 Å². The van der Waals surface area contributed by atoms with Gasteiger partial charge >= 0.3 is 5.97 Å². The number of nitrogens with zero attached hydrogens (tertiary/aromatic N) is 1. The van der Waals surface area contributed by atoms with E-state index in [0.29, 0.717) is 17.9 Å². The van der Waals surface area contributed by atoms with Gasteiger partial charge in [0.2, 0.25) is 0 Å². The van der Waals surface area contributed by atoms with Gasteiger partial charge < -0.3 is 9.47 Å². The molecule has 0 spiro atoms. The average molecular weight is 530 g/mol. The summed E-state index contributed by atoms with van der Waals surface area (Å²) in [4.78, 5) is 15.2. The third kappa shape index (κ3) is 7.09. The second-order valence-corrected chi connectivity index (χ2v) is 9.39. The molecule has 0 saturated carbocycles. The van der Waals surface area contributed by atoms with Gasteiger partial charge in [-0.3, -0.25) is 9.69 Å². The van der Waals surface area contributed by atoms with Crippen molar-refractivity contribution < 1.29 is 23.0 Å². The number of carbonyl (C=O) groups excluding carboxylic acids is 1. The molecular weight excluding hydrogens is 496 g/mol. The number of hydrogen-bond acceptors (Lipinski definition) is 4. The molecule has 0 aliphatic rings. The van der Waals surface area contributed by atoms with E-state index < -0.39 is 17.7 Å². The van der Waals surface area contributed by atoms with Crippen LogP contribution in [0.5, 0.6) is 5.75 Å². The largest absolute Gasteiger partial charge is 0.497 e. The Bertz CT molecular complexity index is 1380. The fraction of sp³-hybridized carbons (Fsp3) is 0.242.